The number of phenolic OH excluding ortho intramolecular Hbond substituents is 1. The van der Waals surface area contributed by atoms with Crippen LogP contribution in [-0.2, 0) is 0 Å². The zero-order chi connectivity index (χ0) is 14.7. The Kier molecular flexibility index (Phi) is 3.99. The van der Waals surface area contributed by atoms with Gasteiger partial charge in [0.05, 0.1) is 11.3 Å². The number of aromatic nitrogens is 1. The average molecular weight is 337 g/mol. The second-order valence-corrected chi connectivity index (χ2v) is 4.68. The largest absolute Gasteiger partial charge is 0.506 e. The van der Waals surface area contributed by atoms with Gasteiger partial charge >= 0.3 is 5.97 Å². The van der Waals surface area contributed by atoms with Gasteiger partial charge in [0.25, 0.3) is 5.91 Å². The highest BCUT2D eigenvalue weighted by Gasteiger charge is 2.14. The Morgan fingerprint density at radius 3 is 2.65 bits per heavy atom. The first-order valence-corrected chi connectivity index (χ1v) is 6.26. The number of aromatic carboxylic acids is 1. The topological polar surface area (TPSA) is 99.5 Å². The number of carbonyl (C=O) groups excluding carboxylic acids is 1. The Morgan fingerprint density at radius 2 is 2.00 bits per heavy atom. The van der Waals surface area contributed by atoms with Crippen LogP contribution < -0.4 is 5.32 Å². The molecule has 102 valence electrons. The number of aromatic hydroxyl groups is 1. The number of nitrogens with zero attached hydrogens (tertiary/aromatic N) is 1. The van der Waals surface area contributed by atoms with Gasteiger partial charge in [-0.05, 0) is 46.3 Å². The molecule has 0 saturated heterocycles. The molecule has 0 atom stereocenters. The number of hydrogen-bond acceptors (Lipinski definition) is 4. The Labute approximate surface area is 122 Å². The quantitative estimate of drug-likeness (QED) is 0.748. The number of rotatable bonds is 3. The minimum atomic E-state index is -1.15. The molecule has 1 heterocycles. The molecule has 1 aromatic carbocycles. The van der Waals surface area contributed by atoms with Gasteiger partial charge in [-0.15, -0.1) is 0 Å². The smallest absolute Gasteiger partial charge is 0.335 e. The van der Waals surface area contributed by atoms with Crippen molar-refractivity contribution < 1.29 is 19.8 Å². The van der Waals surface area contributed by atoms with Crippen LogP contribution in [0.3, 0.4) is 0 Å². The van der Waals surface area contributed by atoms with Gasteiger partial charge in [-0.3, -0.25) is 4.79 Å². The van der Waals surface area contributed by atoms with Gasteiger partial charge < -0.3 is 15.5 Å². The summed E-state index contributed by atoms with van der Waals surface area (Å²) in [6.45, 7) is 0. The van der Waals surface area contributed by atoms with Crippen molar-refractivity contribution in [2.75, 3.05) is 5.32 Å². The Hall–Kier alpha value is -2.41. The molecule has 2 rings (SSSR count). The van der Waals surface area contributed by atoms with Gasteiger partial charge in [0, 0.05) is 10.7 Å². The Bertz CT molecular complexity index is 688. The summed E-state index contributed by atoms with van der Waals surface area (Å²) in [5.41, 5.74) is 0.0956. The van der Waals surface area contributed by atoms with Crippen LogP contribution >= 0.6 is 15.9 Å². The van der Waals surface area contributed by atoms with E-state index in [1.165, 1.54) is 24.4 Å². The maximum Gasteiger partial charge on any atom is 0.335 e. The molecule has 20 heavy (non-hydrogen) atoms. The summed E-state index contributed by atoms with van der Waals surface area (Å²) in [4.78, 5) is 26.8. The molecule has 7 heteroatoms. The second-order valence-electron chi connectivity index (χ2n) is 3.83. The van der Waals surface area contributed by atoms with Gasteiger partial charge in [-0.25, -0.2) is 9.78 Å². The number of phenols is 1. The molecule has 3 N–H and O–H groups in total. The van der Waals surface area contributed by atoms with Crippen LogP contribution in [0.5, 0.6) is 5.75 Å². The summed E-state index contributed by atoms with van der Waals surface area (Å²) in [6.07, 6.45) is 1.45. The number of pyridine rings is 1. The molecule has 0 unspecified atom stereocenters. The first-order valence-electron chi connectivity index (χ1n) is 5.47. The van der Waals surface area contributed by atoms with Gasteiger partial charge in [0.15, 0.2) is 0 Å². The Morgan fingerprint density at radius 1 is 1.25 bits per heavy atom. The first-order chi connectivity index (χ1) is 9.49. The number of carboxylic acid groups (broad SMARTS) is 1. The van der Waals surface area contributed by atoms with Crippen molar-refractivity contribution in [2.45, 2.75) is 0 Å². The van der Waals surface area contributed by atoms with Gasteiger partial charge in [-0.1, -0.05) is 0 Å². The molecule has 6 nitrogen and oxygen atoms in total. The van der Waals surface area contributed by atoms with Crippen LogP contribution in [0.1, 0.15) is 20.8 Å². The molecule has 1 amide bonds. The fourth-order valence-electron chi connectivity index (χ4n) is 1.50. The lowest BCUT2D eigenvalue weighted by atomic mass is 10.2. The molecule has 1 aromatic heterocycles. The van der Waals surface area contributed by atoms with Crippen LogP contribution in [0.15, 0.2) is 41.0 Å². The molecule has 0 fully saturated rings. The molecule has 0 aliphatic carbocycles. The molecule has 0 aliphatic rings. The third kappa shape index (κ3) is 2.94. The maximum absolute atomic E-state index is 12.0. The molecule has 0 saturated carbocycles. The standard InChI is InChI=1S/C13H9BrN2O4/c14-8-2-1-5-15-11(8)12(18)16-9-6-7(13(19)20)3-4-10(9)17/h1-6,17H,(H,16,18)(H,19,20). The van der Waals surface area contributed by atoms with Crippen molar-refractivity contribution in [1.82, 2.24) is 4.98 Å². The predicted molar refractivity (Wildman–Crippen MR) is 75.0 cm³/mol. The molecule has 0 spiro atoms. The van der Waals surface area contributed by atoms with E-state index in [1.807, 2.05) is 0 Å². The lowest BCUT2D eigenvalue weighted by molar-refractivity contribution is 0.0696. The van der Waals surface area contributed by atoms with Crippen molar-refractivity contribution in [3.8, 4) is 5.75 Å². The van der Waals surface area contributed by atoms with Crippen molar-refractivity contribution in [3.05, 3.63) is 52.3 Å². The van der Waals surface area contributed by atoms with Crippen LogP contribution in [0.2, 0.25) is 0 Å². The van der Waals surface area contributed by atoms with Crippen molar-refractivity contribution in [1.29, 1.82) is 0 Å². The maximum atomic E-state index is 12.0. The monoisotopic (exact) mass is 336 g/mol. The average Bonchev–Trinajstić information content (AvgIpc) is 2.41. The zero-order valence-corrected chi connectivity index (χ0v) is 11.6. The van der Waals surface area contributed by atoms with E-state index in [0.29, 0.717) is 4.47 Å². The third-order valence-electron chi connectivity index (χ3n) is 2.47. The summed E-state index contributed by atoms with van der Waals surface area (Å²) in [7, 11) is 0. The zero-order valence-electron chi connectivity index (χ0n) is 10.0. The van der Waals surface area contributed by atoms with Gasteiger partial charge in [0.2, 0.25) is 0 Å². The minimum absolute atomic E-state index is 0.00690. The predicted octanol–water partition coefficient (Wildman–Crippen LogP) is 2.50. The summed E-state index contributed by atoms with van der Waals surface area (Å²) in [5, 5.41) is 20.9. The van der Waals surface area contributed by atoms with E-state index in [1.54, 1.807) is 12.1 Å². The van der Waals surface area contributed by atoms with Crippen LogP contribution in [0.4, 0.5) is 5.69 Å². The van der Waals surface area contributed by atoms with Crippen molar-refractivity contribution in [3.63, 3.8) is 0 Å². The van der Waals surface area contributed by atoms with Crippen molar-refractivity contribution in [2.24, 2.45) is 0 Å². The number of halogens is 1. The number of nitrogens with one attached hydrogen (secondary N) is 1. The number of hydrogen-bond donors (Lipinski definition) is 3. The van der Waals surface area contributed by atoms with E-state index < -0.39 is 11.9 Å². The number of amides is 1. The van der Waals surface area contributed by atoms with Crippen LogP contribution in [0.25, 0.3) is 0 Å². The SMILES string of the molecule is O=C(O)c1ccc(O)c(NC(=O)c2ncccc2Br)c1. The highest BCUT2D eigenvalue weighted by atomic mass is 79.9. The van der Waals surface area contributed by atoms with E-state index in [2.05, 4.69) is 26.2 Å². The normalized spacial score (nSPS) is 10.1. The molecular weight excluding hydrogens is 328 g/mol. The molecule has 0 aliphatic heterocycles. The number of carbonyl (C=O) groups is 2. The Balaban J connectivity index is 2.30. The van der Waals surface area contributed by atoms with E-state index in [0.717, 1.165) is 0 Å². The van der Waals surface area contributed by atoms with E-state index in [-0.39, 0.29) is 22.7 Å². The lowest BCUT2D eigenvalue weighted by Gasteiger charge is -2.08. The fourth-order valence-corrected chi connectivity index (χ4v) is 1.94. The molecule has 0 bridgehead atoms. The highest BCUT2D eigenvalue weighted by Crippen LogP contribution is 2.25. The summed E-state index contributed by atoms with van der Waals surface area (Å²) >= 11 is 3.19. The second kappa shape index (κ2) is 5.70. The van der Waals surface area contributed by atoms with Crippen LogP contribution in [0, 0.1) is 0 Å². The molecule has 0 radical (unpaired) electrons. The number of anilines is 1. The first kappa shape index (κ1) is 14.0. The molecule has 2 aromatic rings. The van der Waals surface area contributed by atoms with E-state index >= 15 is 0 Å². The van der Waals surface area contributed by atoms with Gasteiger partial charge in [-0.2, -0.15) is 0 Å². The summed E-state index contributed by atoms with van der Waals surface area (Å²) < 4.78 is 0.492. The molecular formula is C13H9BrN2O4. The summed E-state index contributed by atoms with van der Waals surface area (Å²) in [5.74, 6) is -1.94. The fraction of sp³-hybridized carbons (Fsp3) is 0. The number of benzene rings is 1. The number of carboxylic acids is 1. The van der Waals surface area contributed by atoms with E-state index in [9.17, 15) is 14.7 Å². The van der Waals surface area contributed by atoms with Crippen molar-refractivity contribution >= 4 is 33.5 Å². The summed E-state index contributed by atoms with van der Waals surface area (Å²) in [6, 6.07) is 6.92. The van der Waals surface area contributed by atoms with Crippen LogP contribution in [-0.4, -0.2) is 27.1 Å². The lowest BCUT2D eigenvalue weighted by Crippen LogP contribution is -2.14. The van der Waals surface area contributed by atoms with E-state index in [4.69, 9.17) is 5.11 Å². The minimum Gasteiger partial charge on any atom is -0.506 e. The third-order valence-corrected chi connectivity index (χ3v) is 3.11. The van der Waals surface area contributed by atoms with Gasteiger partial charge in [0.1, 0.15) is 11.4 Å². The highest BCUT2D eigenvalue weighted by molar-refractivity contribution is 9.10.